The summed E-state index contributed by atoms with van der Waals surface area (Å²) in [5, 5.41) is 6.06. The van der Waals surface area contributed by atoms with Crippen LogP contribution in [-0.4, -0.2) is 12.0 Å². The zero-order chi connectivity index (χ0) is 7.15. The minimum atomic E-state index is -0.333. The highest BCUT2D eigenvalue weighted by atomic mass is 14.9. The van der Waals surface area contributed by atoms with Gasteiger partial charge in [0.1, 0.15) is 0 Å². The van der Waals surface area contributed by atoms with Gasteiger partial charge in [0.15, 0.2) is 5.96 Å². The Morgan fingerprint density at radius 2 is 1.38 bits per heavy atom. The van der Waals surface area contributed by atoms with Crippen LogP contribution in [0.15, 0.2) is 0 Å². The molecule has 0 aromatic heterocycles. The van der Waals surface area contributed by atoms with Crippen LogP contribution in [-0.2, 0) is 0 Å². The molecule has 8 heavy (non-hydrogen) atoms. The van der Waals surface area contributed by atoms with Gasteiger partial charge in [-0.1, -0.05) is 13.8 Å². The smallest absolute Gasteiger partial charge is 0.183 e. The molecular weight excluding hydrogens is 104 g/mol. The lowest BCUT2D eigenvalue weighted by Gasteiger charge is -1.81. The van der Waals surface area contributed by atoms with E-state index in [-0.39, 0.29) is 5.96 Å². The first-order valence-electron chi connectivity index (χ1n) is 2.32. The normalized spacial score (nSPS) is 7.50. The Morgan fingerprint density at radius 1 is 1.38 bits per heavy atom. The molecule has 0 aliphatic heterocycles. The SMILES string of the molecule is CC(C)N.N=C(N)N. The van der Waals surface area contributed by atoms with E-state index in [0.29, 0.717) is 6.04 Å². The van der Waals surface area contributed by atoms with Gasteiger partial charge >= 0.3 is 0 Å². The molecule has 0 aromatic carbocycles. The topological polar surface area (TPSA) is 102 Å². The molecule has 0 rings (SSSR count). The molecule has 7 N–H and O–H groups in total. The van der Waals surface area contributed by atoms with Crippen LogP contribution in [0.2, 0.25) is 0 Å². The Labute approximate surface area is 49.5 Å². The van der Waals surface area contributed by atoms with Gasteiger partial charge in [0.25, 0.3) is 0 Å². The van der Waals surface area contributed by atoms with Crippen LogP contribution in [0.25, 0.3) is 0 Å². The van der Waals surface area contributed by atoms with Gasteiger partial charge in [0.2, 0.25) is 0 Å². The van der Waals surface area contributed by atoms with Crippen LogP contribution >= 0.6 is 0 Å². The Kier molecular flexibility index (Phi) is 7.99. The lowest BCUT2D eigenvalue weighted by molar-refractivity contribution is 0.834. The van der Waals surface area contributed by atoms with Crippen LogP contribution < -0.4 is 17.2 Å². The first-order valence-corrected chi connectivity index (χ1v) is 2.32. The maximum absolute atomic E-state index is 6.06. The average molecular weight is 118 g/mol. The van der Waals surface area contributed by atoms with E-state index in [1.165, 1.54) is 0 Å². The molecule has 0 aliphatic rings. The fourth-order valence-electron chi connectivity index (χ4n) is 0. The van der Waals surface area contributed by atoms with E-state index in [0.717, 1.165) is 0 Å². The van der Waals surface area contributed by atoms with Gasteiger partial charge in [-0.3, -0.25) is 5.41 Å². The van der Waals surface area contributed by atoms with Crippen molar-refractivity contribution in [3.05, 3.63) is 0 Å². The van der Waals surface area contributed by atoms with Gasteiger partial charge in [0, 0.05) is 0 Å². The highest BCUT2D eigenvalue weighted by Crippen LogP contribution is 1.58. The number of nitrogens with one attached hydrogen (secondary N) is 1. The van der Waals surface area contributed by atoms with Gasteiger partial charge < -0.3 is 17.2 Å². The molecular formula is C4H14N4. The third kappa shape index (κ3) is 158. The van der Waals surface area contributed by atoms with E-state index in [9.17, 15) is 0 Å². The van der Waals surface area contributed by atoms with Gasteiger partial charge in [-0.25, -0.2) is 0 Å². The van der Waals surface area contributed by atoms with Crippen molar-refractivity contribution < 1.29 is 0 Å². The van der Waals surface area contributed by atoms with E-state index in [1.807, 2.05) is 13.8 Å². The quantitative estimate of drug-likeness (QED) is 0.247. The largest absolute Gasteiger partial charge is 0.370 e. The van der Waals surface area contributed by atoms with Crippen molar-refractivity contribution in [2.24, 2.45) is 17.2 Å². The Morgan fingerprint density at radius 3 is 1.38 bits per heavy atom. The Balaban J connectivity index is 0. The second kappa shape index (κ2) is 6.23. The lowest BCUT2D eigenvalue weighted by atomic mass is 10.5. The number of hydrogen-bond acceptors (Lipinski definition) is 2. The summed E-state index contributed by atoms with van der Waals surface area (Å²) < 4.78 is 0. The molecule has 0 aliphatic carbocycles. The van der Waals surface area contributed by atoms with E-state index < -0.39 is 0 Å². The van der Waals surface area contributed by atoms with Crippen molar-refractivity contribution in [2.75, 3.05) is 0 Å². The fraction of sp³-hybridized carbons (Fsp3) is 0.750. The van der Waals surface area contributed by atoms with E-state index in [2.05, 4.69) is 11.5 Å². The second-order valence-electron chi connectivity index (χ2n) is 1.70. The monoisotopic (exact) mass is 118 g/mol. The molecule has 0 atom stereocenters. The molecule has 4 heteroatoms. The minimum Gasteiger partial charge on any atom is -0.370 e. The predicted octanol–water partition coefficient (Wildman–Crippen LogP) is -0.808. The van der Waals surface area contributed by atoms with Gasteiger partial charge in [0.05, 0.1) is 0 Å². The Hall–Kier alpha value is -0.770. The average Bonchev–Trinajstić information content (AvgIpc) is 1.25. The van der Waals surface area contributed by atoms with E-state index >= 15 is 0 Å². The van der Waals surface area contributed by atoms with Crippen molar-refractivity contribution in [3.8, 4) is 0 Å². The molecule has 0 saturated carbocycles. The summed E-state index contributed by atoms with van der Waals surface area (Å²) >= 11 is 0. The highest BCUT2D eigenvalue weighted by molar-refractivity contribution is 5.71. The summed E-state index contributed by atoms with van der Waals surface area (Å²) in [6, 6.07) is 0.333. The summed E-state index contributed by atoms with van der Waals surface area (Å²) in [7, 11) is 0. The van der Waals surface area contributed by atoms with E-state index in [4.69, 9.17) is 11.1 Å². The second-order valence-corrected chi connectivity index (χ2v) is 1.70. The van der Waals surface area contributed by atoms with Gasteiger partial charge in [-0.15, -0.1) is 0 Å². The summed E-state index contributed by atoms with van der Waals surface area (Å²) in [4.78, 5) is 0. The molecule has 0 amide bonds. The molecule has 0 unspecified atom stereocenters. The summed E-state index contributed by atoms with van der Waals surface area (Å²) in [6.07, 6.45) is 0. The van der Waals surface area contributed by atoms with Crippen LogP contribution in [0.3, 0.4) is 0 Å². The number of hydrogen-bond donors (Lipinski definition) is 4. The summed E-state index contributed by atoms with van der Waals surface area (Å²) in [5.74, 6) is -0.333. The lowest BCUT2D eigenvalue weighted by Crippen LogP contribution is -2.20. The minimum absolute atomic E-state index is 0.333. The maximum atomic E-state index is 6.06. The third-order valence-corrected chi connectivity index (χ3v) is 0. The first-order chi connectivity index (χ1) is 3.46. The maximum Gasteiger partial charge on any atom is 0.183 e. The standard InChI is InChI=1S/C3H9N.CH5N3/c1-3(2)4;2-1(3)4/h3H,4H2,1-2H3;(H5,2,3,4). The van der Waals surface area contributed by atoms with Gasteiger partial charge in [-0.05, 0) is 6.04 Å². The summed E-state index contributed by atoms with van der Waals surface area (Å²) in [6.45, 7) is 3.89. The van der Waals surface area contributed by atoms with Crippen LogP contribution in [0.1, 0.15) is 13.8 Å². The van der Waals surface area contributed by atoms with Crippen LogP contribution in [0.4, 0.5) is 0 Å². The number of nitrogens with two attached hydrogens (primary N) is 3. The molecule has 4 nitrogen and oxygen atoms in total. The van der Waals surface area contributed by atoms with Crippen LogP contribution in [0.5, 0.6) is 0 Å². The first kappa shape index (κ1) is 10.3. The van der Waals surface area contributed by atoms with E-state index in [1.54, 1.807) is 0 Å². The predicted molar refractivity (Wildman–Crippen MR) is 35.4 cm³/mol. The van der Waals surface area contributed by atoms with Crippen molar-refractivity contribution in [3.63, 3.8) is 0 Å². The zero-order valence-corrected chi connectivity index (χ0v) is 5.31. The van der Waals surface area contributed by atoms with Crippen molar-refractivity contribution >= 4 is 5.96 Å². The molecule has 0 bridgehead atoms. The summed E-state index contributed by atoms with van der Waals surface area (Å²) in [5.41, 5.74) is 14.1. The van der Waals surface area contributed by atoms with Crippen molar-refractivity contribution in [1.29, 1.82) is 5.41 Å². The Bertz CT molecular complexity index is 52.3. The van der Waals surface area contributed by atoms with Crippen molar-refractivity contribution in [2.45, 2.75) is 19.9 Å². The third-order valence-electron chi connectivity index (χ3n) is 0. The molecule has 50 valence electrons. The zero-order valence-electron chi connectivity index (χ0n) is 5.31. The highest BCUT2D eigenvalue weighted by Gasteiger charge is 1.67. The molecule has 0 fully saturated rings. The van der Waals surface area contributed by atoms with Gasteiger partial charge in [-0.2, -0.15) is 0 Å². The molecule has 0 radical (unpaired) electrons. The molecule has 0 spiro atoms. The molecule has 0 aromatic rings. The van der Waals surface area contributed by atoms with Crippen LogP contribution in [0, 0.1) is 5.41 Å². The molecule has 0 saturated heterocycles. The van der Waals surface area contributed by atoms with Crippen molar-refractivity contribution in [1.82, 2.24) is 0 Å². The molecule has 0 heterocycles. The number of guanidine groups is 1. The fourth-order valence-corrected chi connectivity index (χ4v) is 0. The number of rotatable bonds is 0.